The van der Waals surface area contributed by atoms with E-state index in [0.29, 0.717) is 30.9 Å². The molecule has 2 aromatic carbocycles. The van der Waals surface area contributed by atoms with Crippen LogP contribution in [0, 0.1) is 0 Å². The third-order valence-electron chi connectivity index (χ3n) is 5.25. The van der Waals surface area contributed by atoms with Gasteiger partial charge in [-0.25, -0.2) is 0 Å². The van der Waals surface area contributed by atoms with Crippen molar-refractivity contribution in [2.45, 2.75) is 19.0 Å². The number of ether oxygens (including phenoxy) is 1. The fraction of sp³-hybridized carbons (Fsp3) is 0.250. The zero-order valence-electron chi connectivity index (χ0n) is 18.0. The number of aromatic nitrogens is 2. The SMILES string of the molecule is O=C(COc1ccccc1)Nc1cnn(CC(=O)N2CCNC(=O)[C@@H]2Cc2ccccc2)c1. The van der Waals surface area contributed by atoms with E-state index in [2.05, 4.69) is 15.7 Å². The number of nitrogens with one attached hydrogen (secondary N) is 2. The second kappa shape index (κ2) is 10.4. The van der Waals surface area contributed by atoms with Crippen LogP contribution in [-0.4, -0.2) is 58.1 Å². The summed E-state index contributed by atoms with van der Waals surface area (Å²) in [5.74, 6) is -0.102. The molecule has 0 spiro atoms. The van der Waals surface area contributed by atoms with Crippen molar-refractivity contribution in [2.24, 2.45) is 0 Å². The first-order chi connectivity index (χ1) is 16.1. The Morgan fingerprint density at radius 1 is 1.09 bits per heavy atom. The van der Waals surface area contributed by atoms with Gasteiger partial charge in [-0.15, -0.1) is 0 Å². The molecule has 0 saturated carbocycles. The van der Waals surface area contributed by atoms with Gasteiger partial charge in [-0.1, -0.05) is 48.5 Å². The highest BCUT2D eigenvalue weighted by Gasteiger charge is 2.33. The molecule has 2 N–H and O–H groups in total. The van der Waals surface area contributed by atoms with E-state index >= 15 is 0 Å². The van der Waals surface area contributed by atoms with E-state index in [9.17, 15) is 14.4 Å². The number of anilines is 1. The summed E-state index contributed by atoms with van der Waals surface area (Å²) >= 11 is 0. The topological polar surface area (TPSA) is 106 Å². The van der Waals surface area contributed by atoms with E-state index in [4.69, 9.17) is 4.74 Å². The summed E-state index contributed by atoms with van der Waals surface area (Å²) in [6.07, 6.45) is 3.49. The molecular weight excluding hydrogens is 422 g/mol. The Labute approximate surface area is 191 Å². The summed E-state index contributed by atoms with van der Waals surface area (Å²) in [5, 5.41) is 9.70. The molecule has 0 unspecified atom stereocenters. The van der Waals surface area contributed by atoms with Crippen molar-refractivity contribution in [2.75, 3.05) is 25.0 Å². The van der Waals surface area contributed by atoms with Gasteiger partial charge in [-0.2, -0.15) is 5.10 Å². The number of amides is 3. The van der Waals surface area contributed by atoms with Crippen molar-refractivity contribution >= 4 is 23.4 Å². The summed E-state index contributed by atoms with van der Waals surface area (Å²) in [6, 6.07) is 18.1. The zero-order chi connectivity index (χ0) is 23.0. The minimum Gasteiger partial charge on any atom is -0.484 e. The first kappa shape index (κ1) is 22.1. The number of benzene rings is 2. The summed E-state index contributed by atoms with van der Waals surface area (Å²) in [6.45, 7) is 0.675. The Hall–Kier alpha value is -4.14. The number of carbonyl (C=O) groups is 3. The number of piperazine rings is 1. The van der Waals surface area contributed by atoms with Crippen LogP contribution in [0.3, 0.4) is 0 Å². The molecule has 33 heavy (non-hydrogen) atoms. The maximum atomic E-state index is 13.0. The lowest BCUT2D eigenvalue weighted by Gasteiger charge is -2.35. The third-order valence-corrected chi connectivity index (χ3v) is 5.25. The Bertz CT molecular complexity index is 1100. The van der Waals surface area contributed by atoms with Gasteiger partial charge in [0.1, 0.15) is 18.3 Å². The second-order valence-corrected chi connectivity index (χ2v) is 7.66. The number of para-hydroxylation sites is 1. The molecule has 1 aliphatic heterocycles. The van der Waals surface area contributed by atoms with Gasteiger partial charge in [-0.3, -0.25) is 19.1 Å². The molecule has 170 valence electrons. The minimum atomic E-state index is -0.571. The van der Waals surface area contributed by atoms with Gasteiger partial charge in [0, 0.05) is 25.7 Å². The molecule has 9 nitrogen and oxygen atoms in total. The largest absolute Gasteiger partial charge is 0.484 e. The van der Waals surface area contributed by atoms with Gasteiger partial charge in [-0.05, 0) is 17.7 Å². The molecule has 0 aliphatic carbocycles. The molecule has 4 rings (SSSR count). The van der Waals surface area contributed by atoms with Crippen LogP contribution in [0.15, 0.2) is 73.1 Å². The first-order valence-electron chi connectivity index (χ1n) is 10.7. The first-order valence-corrected chi connectivity index (χ1v) is 10.7. The van der Waals surface area contributed by atoms with Crippen molar-refractivity contribution in [1.29, 1.82) is 0 Å². The highest BCUT2D eigenvalue weighted by molar-refractivity contribution is 5.92. The van der Waals surface area contributed by atoms with E-state index in [-0.39, 0.29) is 30.9 Å². The average Bonchev–Trinajstić information content (AvgIpc) is 3.26. The van der Waals surface area contributed by atoms with Crippen molar-refractivity contribution in [3.8, 4) is 5.75 Å². The molecule has 3 amide bonds. The number of carbonyl (C=O) groups excluding carboxylic acids is 3. The Morgan fingerprint density at radius 2 is 1.82 bits per heavy atom. The summed E-state index contributed by atoms with van der Waals surface area (Å²) in [7, 11) is 0. The van der Waals surface area contributed by atoms with Crippen LogP contribution in [0.4, 0.5) is 5.69 Å². The summed E-state index contributed by atoms with van der Waals surface area (Å²) in [5.41, 5.74) is 1.45. The van der Waals surface area contributed by atoms with Gasteiger partial charge in [0.05, 0.1) is 11.9 Å². The van der Waals surface area contributed by atoms with E-state index < -0.39 is 6.04 Å². The monoisotopic (exact) mass is 447 g/mol. The lowest BCUT2D eigenvalue weighted by molar-refractivity contribution is -0.143. The van der Waals surface area contributed by atoms with Gasteiger partial charge in [0.25, 0.3) is 5.91 Å². The molecule has 9 heteroatoms. The quantitative estimate of drug-likeness (QED) is 0.544. The van der Waals surface area contributed by atoms with Gasteiger partial charge in [0.15, 0.2) is 6.61 Å². The van der Waals surface area contributed by atoms with Crippen LogP contribution in [0.25, 0.3) is 0 Å². The predicted molar refractivity (Wildman–Crippen MR) is 121 cm³/mol. The van der Waals surface area contributed by atoms with E-state index in [1.807, 2.05) is 48.5 Å². The second-order valence-electron chi connectivity index (χ2n) is 7.66. The molecule has 1 aromatic heterocycles. The Kier molecular flexibility index (Phi) is 6.99. The smallest absolute Gasteiger partial charge is 0.262 e. The average molecular weight is 447 g/mol. The van der Waals surface area contributed by atoms with Crippen LogP contribution >= 0.6 is 0 Å². The molecule has 3 aromatic rings. The lowest BCUT2D eigenvalue weighted by Crippen LogP contribution is -2.58. The maximum Gasteiger partial charge on any atom is 0.262 e. The normalized spacial score (nSPS) is 15.6. The fourth-order valence-corrected chi connectivity index (χ4v) is 3.66. The molecule has 0 radical (unpaired) electrons. The van der Waals surface area contributed by atoms with Gasteiger partial charge < -0.3 is 20.3 Å². The van der Waals surface area contributed by atoms with E-state index in [1.54, 1.807) is 23.2 Å². The molecule has 1 atom stereocenters. The van der Waals surface area contributed by atoms with Crippen molar-refractivity contribution in [3.63, 3.8) is 0 Å². The van der Waals surface area contributed by atoms with Gasteiger partial charge in [0.2, 0.25) is 11.8 Å². The molecule has 1 aliphatic rings. The van der Waals surface area contributed by atoms with Crippen molar-refractivity contribution in [1.82, 2.24) is 20.0 Å². The van der Waals surface area contributed by atoms with Crippen LogP contribution in [-0.2, 0) is 27.3 Å². The highest BCUT2D eigenvalue weighted by atomic mass is 16.5. The molecule has 0 bridgehead atoms. The van der Waals surface area contributed by atoms with E-state index in [1.165, 1.54) is 10.9 Å². The number of nitrogens with zero attached hydrogens (tertiary/aromatic N) is 3. The lowest BCUT2D eigenvalue weighted by atomic mass is 10.0. The molecule has 2 heterocycles. The van der Waals surface area contributed by atoms with Crippen molar-refractivity contribution < 1.29 is 19.1 Å². The summed E-state index contributed by atoms with van der Waals surface area (Å²) < 4.78 is 6.87. The fourth-order valence-electron chi connectivity index (χ4n) is 3.66. The number of rotatable bonds is 8. The highest BCUT2D eigenvalue weighted by Crippen LogP contribution is 2.14. The summed E-state index contributed by atoms with van der Waals surface area (Å²) in [4.78, 5) is 39.2. The van der Waals surface area contributed by atoms with Crippen LogP contribution in [0.1, 0.15) is 5.56 Å². The van der Waals surface area contributed by atoms with Crippen LogP contribution < -0.4 is 15.4 Å². The number of hydrogen-bond donors (Lipinski definition) is 2. The number of hydrogen-bond acceptors (Lipinski definition) is 5. The zero-order valence-corrected chi connectivity index (χ0v) is 18.0. The van der Waals surface area contributed by atoms with Crippen LogP contribution in [0.2, 0.25) is 0 Å². The molecule has 1 fully saturated rings. The Balaban J connectivity index is 1.33. The third kappa shape index (κ3) is 5.97. The molecular formula is C24H25N5O4. The Morgan fingerprint density at radius 3 is 2.58 bits per heavy atom. The van der Waals surface area contributed by atoms with Gasteiger partial charge >= 0.3 is 0 Å². The standard InChI is InChI=1S/C24H25N5O4/c30-22(17-33-20-9-5-2-6-10-20)27-19-14-26-28(15-19)16-23(31)29-12-11-25-24(32)21(29)13-18-7-3-1-4-8-18/h1-10,14-15,21H,11-13,16-17H2,(H,25,32)(H,27,30)/t21-/m0/s1. The van der Waals surface area contributed by atoms with Crippen molar-refractivity contribution in [3.05, 3.63) is 78.6 Å². The van der Waals surface area contributed by atoms with E-state index in [0.717, 1.165) is 5.56 Å². The minimum absolute atomic E-state index is 0.0328. The van der Waals surface area contributed by atoms with Crippen LogP contribution in [0.5, 0.6) is 5.75 Å². The maximum absolute atomic E-state index is 13.0. The molecule has 1 saturated heterocycles. The predicted octanol–water partition coefficient (Wildman–Crippen LogP) is 1.47.